The van der Waals surface area contributed by atoms with E-state index in [1.165, 1.54) is 19.3 Å². The molecule has 1 radical (unpaired) electrons. The van der Waals surface area contributed by atoms with E-state index < -0.39 is 0 Å². The molecule has 0 atom stereocenters. The van der Waals surface area contributed by atoms with Gasteiger partial charge in [0, 0.05) is 29.0 Å². The summed E-state index contributed by atoms with van der Waals surface area (Å²) in [7, 11) is 0. The second-order valence-corrected chi connectivity index (χ2v) is 1.78. The molecule has 0 aromatic rings. The van der Waals surface area contributed by atoms with E-state index in [0.717, 1.165) is 6.42 Å². The molecule has 0 rings (SSSR count). The Hall–Kier alpha value is 0.700. The molecule has 0 unspecified atom stereocenters. The van der Waals surface area contributed by atoms with Gasteiger partial charge in [-0.3, -0.25) is 0 Å². The van der Waals surface area contributed by atoms with Gasteiger partial charge in [0.25, 0.3) is 0 Å². The largest absolute Gasteiger partial charge is 0.396 e. The average molecular weight is 195 g/mol. The van der Waals surface area contributed by atoms with Crippen LogP contribution >= 0.6 is 0 Å². The fourth-order valence-electron chi connectivity index (χ4n) is 0.539. The Kier molecular flexibility index (Phi) is 15.3. The van der Waals surface area contributed by atoms with Crippen molar-refractivity contribution in [2.45, 2.75) is 32.6 Å². The van der Waals surface area contributed by atoms with Crippen LogP contribution in [0, 0.1) is 0 Å². The molecule has 8 heavy (non-hydrogen) atoms. The van der Waals surface area contributed by atoms with Crippen molar-refractivity contribution in [2.24, 2.45) is 0 Å². The predicted molar refractivity (Wildman–Crippen MR) is 31.2 cm³/mol. The van der Waals surface area contributed by atoms with Gasteiger partial charge in [-0.2, -0.15) is 0 Å². The minimum absolute atomic E-state index is 0. The Bertz CT molecular complexity index is 27.7. The van der Waals surface area contributed by atoms with E-state index in [-0.39, 0.29) is 22.4 Å². The third kappa shape index (κ3) is 9.85. The topological polar surface area (TPSA) is 20.2 Å². The first kappa shape index (κ1) is 11.5. The maximum Gasteiger partial charge on any atom is 0.0431 e. The zero-order chi connectivity index (χ0) is 5.54. The van der Waals surface area contributed by atoms with Gasteiger partial charge >= 0.3 is 0 Å². The normalized spacial score (nSPS) is 8.25. The van der Waals surface area contributed by atoms with Gasteiger partial charge in [-0.05, 0) is 6.42 Å². The third-order valence-corrected chi connectivity index (χ3v) is 1.01. The summed E-state index contributed by atoms with van der Waals surface area (Å²) >= 11 is 0. The summed E-state index contributed by atoms with van der Waals surface area (Å²) < 4.78 is 0. The van der Waals surface area contributed by atoms with Crippen LogP contribution in [0.2, 0.25) is 0 Å². The summed E-state index contributed by atoms with van der Waals surface area (Å²) in [5, 5.41) is 8.29. The molecule has 0 bridgehead atoms. The number of hydrogen-bond acceptors (Lipinski definition) is 1. The Morgan fingerprint density at radius 2 is 1.75 bits per heavy atom. The zero-order valence-electron chi connectivity index (χ0n) is 5.43. The van der Waals surface area contributed by atoms with Gasteiger partial charge in [0.1, 0.15) is 0 Å². The molecule has 0 aliphatic rings. The van der Waals surface area contributed by atoms with Crippen LogP contribution in [0.4, 0.5) is 0 Å². The maximum atomic E-state index is 8.29. The number of aliphatic hydroxyl groups is 1. The number of aliphatic hydroxyl groups excluding tert-OH is 1. The van der Waals surface area contributed by atoms with E-state index in [4.69, 9.17) is 5.11 Å². The molecule has 0 fully saturated rings. The van der Waals surface area contributed by atoms with Gasteiger partial charge in [-0.1, -0.05) is 26.2 Å². The van der Waals surface area contributed by atoms with Crippen LogP contribution in [0.25, 0.3) is 0 Å². The molecular formula is C6H14NbO. The van der Waals surface area contributed by atoms with Crippen molar-refractivity contribution >= 4 is 0 Å². The second kappa shape index (κ2) is 10.6. The second-order valence-electron chi connectivity index (χ2n) is 1.78. The Labute approximate surface area is 67.0 Å². The van der Waals surface area contributed by atoms with Crippen LogP contribution in [-0.2, 0) is 22.4 Å². The SMILES string of the molecule is CCCCCCO.[Nb]. The quantitative estimate of drug-likeness (QED) is 0.533. The molecule has 0 saturated heterocycles. The Balaban J connectivity index is 0. The Morgan fingerprint density at radius 1 is 1.12 bits per heavy atom. The van der Waals surface area contributed by atoms with Gasteiger partial charge in [-0.25, -0.2) is 0 Å². The first-order valence-corrected chi connectivity index (χ1v) is 3.02. The van der Waals surface area contributed by atoms with E-state index in [1.807, 2.05) is 0 Å². The summed E-state index contributed by atoms with van der Waals surface area (Å²) in [5.74, 6) is 0. The number of hydrogen-bond donors (Lipinski definition) is 1. The van der Waals surface area contributed by atoms with Crippen LogP contribution < -0.4 is 0 Å². The van der Waals surface area contributed by atoms with Crippen molar-refractivity contribution in [2.75, 3.05) is 6.61 Å². The van der Waals surface area contributed by atoms with Gasteiger partial charge in [0.15, 0.2) is 0 Å². The molecule has 0 spiro atoms. The number of unbranched alkanes of at least 4 members (excludes halogenated alkanes) is 3. The van der Waals surface area contributed by atoms with Crippen molar-refractivity contribution in [3.63, 3.8) is 0 Å². The average Bonchev–Trinajstić information content (AvgIpc) is 1.69. The molecule has 2 heteroatoms. The first-order valence-electron chi connectivity index (χ1n) is 3.02. The molecule has 0 aliphatic carbocycles. The van der Waals surface area contributed by atoms with Crippen LogP contribution in [-0.4, -0.2) is 11.7 Å². The fourth-order valence-corrected chi connectivity index (χ4v) is 0.539. The molecule has 49 valence electrons. The van der Waals surface area contributed by atoms with Crippen molar-refractivity contribution in [3.05, 3.63) is 0 Å². The van der Waals surface area contributed by atoms with Gasteiger partial charge in [0.2, 0.25) is 0 Å². The van der Waals surface area contributed by atoms with Crippen LogP contribution in [0.1, 0.15) is 32.6 Å². The minimum atomic E-state index is 0. The van der Waals surface area contributed by atoms with Crippen molar-refractivity contribution in [1.82, 2.24) is 0 Å². The van der Waals surface area contributed by atoms with Crippen molar-refractivity contribution < 1.29 is 27.5 Å². The van der Waals surface area contributed by atoms with Crippen LogP contribution in [0.3, 0.4) is 0 Å². The summed E-state index contributed by atoms with van der Waals surface area (Å²) in [6.45, 7) is 2.53. The van der Waals surface area contributed by atoms with E-state index >= 15 is 0 Å². The molecule has 1 N–H and O–H groups in total. The molecule has 0 saturated carbocycles. The number of rotatable bonds is 4. The summed E-state index contributed by atoms with van der Waals surface area (Å²) in [6, 6.07) is 0. The summed E-state index contributed by atoms with van der Waals surface area (Å²) in [6.07, 6.45) is 4.68. The molecule has 0 aromatic heterocycles. The van der Waals surface area contributed by atoms with Gasteiger partial charge in [0.05, 0.1) is 0 Å². The van der Waals surface area contributed by atoms with Gasteiger partial charge < -0.3 is 5.11 Å². The summed E-state index contributed by atoms with van der Waals surface area (Å²) in [4.78, 5) is 0. The molecule has 1 nitrogen and oxygen atoms in total. The van der Waals surface area contributed by atoms with Gasteiger partial charge in [-0.15, -0.1) is 0 Å². The van der Waals surface area contributed by atoms with E-state index in [9.17, 15) is 0 Å². The van der Waals surface area contributed by atoms with Crippen LogP contribution in [0.5, 0.6) is 0 Å². The zero-order valence-corrected chi connectivity index (χ0v) is 7.63. The Morgan fingerprint density at radius 3 is 2.12 bits per heavy atom. The smallest absolute Gasteiger partial charge is 0.0431 e. The molecule has 0 aromatic carbocycles. The standard InChI is InChI=1S/C6H14O.Nb/c1-2-3-4-5-6-7;/h7H,2-6H2,1H3;. The minimum Gasteiger partial charge on any atom is -0.396 e. The molecule has 0 aliphatic heterocycles. The van der Waals surface area contributed by atoms with Crippen molar-refractivity contribution in [3.8, 4) is 0 Å². The van der Waals surface area contributed by atoms with Crippen LogP contribution in [0.15, 0.2) is 0 Å². The first-order chi connectivity index (χ1) is 3.41. The van der Waals surface area contributed by atoms with Crippen molar-refractivity contribution in [1.29, 1.82) is 0 Å². The third-order valence-electron chi connectivity index (χ3n) is 1.01. The molecule has 0 heterocycles. The fraction of sp³-hybridized carbons (Fsp3) is 1.00. The monoisotopic (exact) mass is 195 g/mol. The summed E-state index contributed by atoms with van der Waals surface area (Å²) in [5.41, 5.74) is 0. The maximum absolute atomic E-state index is 8.29. The van der Waals surface area contributed by atoms with E-state index in [0.29, 0.717) is 6.61 Å². The molecular weight excluding hydrogens is 181 g/mol. The van der Waals surface area contributed by atoms with E-state index in [2.05, 4.69) is 6.92 Å². The van der Waals surface area contributed by atoms with E-state index in [1.54, 1.807) is 0 Å². The predicted octanol–water partition coefficient (Wildman–Crippen LogP) is 1.56. The molecule has 0 amide bonds.